The Bertz CT molecular complexity index is 677. The van der Waals surface area contributed by atoms with Crippen LogP contribution in [0.3, 0.4) is 0 Å². The molecular weight excluding hydrogens is 300 g/mol. The molecule has 1 heterocycles. The molecule has 0 N–H and O–H groups in total. The second-order valence-electron chi connectivity index (χ2n) is 6.11. The van der Waals surface area contributed by atoms with E-state index in [0.29, 0.717) is 26.1 Å². The van der Waals surface area contributed by atoms with Crippen LogP contribution in [0.15, 0.2) is 60.7 Å². The van der Waals surface area contributed by atoms with Gasteiger partial charge in [0, 0.05) is 31.7 Å². The van der Waals surface area contributed by atoms with Gasteiger partial charge < -0.3 is 4.90 Å². The monoisotopic (exact) mass is 322 g/mol. The number of carbonyl (C=O) groups excluding carboxylic acids is 2. The van der Waals surface area contributed by atoms with E-state index in [-0.39, 0.29) is 11.7 Å². The van der Waals surface area contributed by atoms with Gasteiger partial charge >= 0.3 is 0 Å². The molecule has 0 aromatic heterocycles. The Labute approximate surface area is 142 Å². The van der Waals surface area contributed by atoms with Gasteiger partial charge in [0.25, 0.3) is 0 Å². The van der Waals surface area contributed by atoms with Gasteiger partial charge in [-0.25, -0.2) is 0 Å². The highest BCUT2D eigenvalue weighted by Gasteiger charge is 2.22. The smallest absolute Gasteiger partial charge is 0.227 e. The third-order valence-electron chi connectivity index (χ3n) is 4.39. The average molecular weight is 322 g/mol. The van der Waals surface area contributed by atoms with E-state index in [1.54, 1.807) is 0 Å². The molecule has 0 bridgehead atoms. The van der Waals surface area contributed by atoms with E-state index >= 15 is 0 Å². The molecule has 124 valence electrons. The summed E-state index contributed by atoms with van der Waals surface area (Å²) < 4.78 is 0. The van der Waals surface area contributed by atoms with Crippen molar-refractivity contribution >= 4 is 11.7 Å². The molecule has 0 atom stereocenters. The molecule has 4 heteroatoms. The summed E-state index contributed by atoms with van der Waals surface area (Å²) in [4.78, 5) is 28.6. The van der Waals surface area contributed by atoms with Crippen molar-refractivity contribution in [2.24, 2.45) is 0 Å². The summed E-state index contributed by atoms with van der Waals surface area (Å²) in [7, 11) is 0. The van der Waals surface area contributed by atoms with Crippen molar-refractivity contribution in [1.29, 1.82) is 0 Å². The molecule has 1 amide bonds. The number of amides is 1. The molecule has 4 nitrogen and oxygen atoms in total. The van der Waals surface area contributed by atoms with Crippen LogP contribution >= 0.6 is 0 Å². The predicted molar refractivity (Wildman–Crippen MR) is 93.9 cm³/mol. The zero-order valence-electron chi connectivity index (χ0n) is 13.7. The molecule has 24 heavy (non-hydrogen) atoms. The number of ketones is 1. The minimum Gasteiger partial charge on any atom is -0.340 e. The maximum absolute atomic E-state index is 12.4. The fourth-order valence-corrected chi connectivity index (χ4v) is 2.96. The Kier molecular flexibility index (Phi) is 5.39. The van der Waals surface area contributed by atoms with Gasteiger partial charge in [0.15, 0.2) is 5.78 Å². The van der Waals surface area contributed by atoms with Gasteiger partial charge in [0.2, 0.25) is 5.91 Å². The first-order chi connectivity index (χ1) is 11.7. The summed E-state index contributed by atoms with van der Waals surface area (Å²) in [5, 5.41) is 0. The van der Waals surface area contributed by atoms with Crippen LogP contribution in [0.2, 0.25) is 0 Å². The third kappa shape index (κ3) is 4.30. The second kappa shape index (κ2) is 7.88. The SMILES string of the molecule is O=C(CN1CCN(C(=O)Cc2ccccc2)CC1)c1ccccc1. The van der Waals surface area contributed by atoms with Crippen molar-refractivity contribution < 1.29 is 9.59 Å². The van der Waals surface area contributed by atoms with Crippen LogP contribution in [0.4, 0.5) is 0 Å². The Hall–Kier alpha value is -2.46. The fourth-order valence-electron chi connectivity index (χ4n) is 2.96. The molecule has 0 spiro atoms. The van der Waals surface area contributed by atoms with E-state index in [2.05, 4.69) is 4.90 Å². The average Bonchev–Trinajstić information content (AvgIpc) is 2.64. The summed E-state index contributed by atoms with van der Waals surface area (Å²) in [6.07, 6.45) is 0.448. The molecule has 0 radical (unpaired) electrons. The van der Waals surface area contributed by atoms with Crippen molar-refractivity contribution in [3.63, 3.8) is 0 Å². The molecule has 0 unspecified atom stereocenters. The van der Waals surface area contributed by atoms with Gasteiger partial charge in [-0.2, -0.15) is 0 Å². The van der Waals surface area contributed by atoms with Crippen LogP contribution in [0.1, 0.15) is 15.9 Å². The topological polar surface area (TPSA) is 40.6 Å². The molecule has 1 saturated heterocycles. The summed E-state index contributed by atoms with van der Waals surface area (Å²) in [5.74, 6) is 0.301. The molecule has 1 fully saturated rings. The first-order valence-corrected chi connectivity index (χ1v) is 8.35. The van der Waals surface area contributed by atoms with Crippen molar-refractivity contribution in [2.45, 2.75) is 6.42 Å². The summed E-state index contributed by atoms with van der Waals surface area (Å²) >= 11 is 0. The van der Waals surface area contributed by atoms with Gasteiger partial charge in [0.05, 0.1) is 13.0 Å². The molecule has 2 aromatic carbocycles. The Morgan fingerprint density at radius 1 is 0.792 bits per heavy atom. The largest absolute Gasteiger partial charge is 0.340 e. The zero-order valence-corrected chi connectivity index (χ0v) is 13.7. The van der Waals surface area contributed by atoms with Gasteiger partial charge in [-0.15, -0.1) is 0 Å². The lowest BCUT2D eigenvalue weighted by atomic mass is 10.1. The summed E-state index contributed by atoms with van der Waals surface area (Å²) in [6, 6.07) is 19.2. The van der Waals surface area contributed by atoms with Crippen LogP contribution in [0.5, 0.6) is 0 Å². The normalized spacial score (nSPS) is 15.2. The highest BCUT2D eigenvalue weighted by Crippen LogP contribution is 2.08. The lowest BCUT2D eigenvalue weighted by Crippen LogP contribution is -2.50. The number of hydrogen-bond acceptors (Lipinski definition) is 3. The van der Waals surface area contributed by atoms with Crippen LogP contribution < -0.4 is 0 Å². The van der Waals surface area contributed by atoms with Crippen molar-refractivity contribution in [3.8, 4) is 0 Å². The number of benzene rings is 2. The van der Waals surface area contributed by atoms with Crippen molar-refractivity contribution in [3.05, 3.63) is 71.8 Å². The van der Waals surface area contributed by atoms with E-state index in [1.807, 2.05) is 65.6 Å². The fraction of sp³-hybridized carbons (Fsp3) is 0.300. The first kappa shape index (κ1) is 16.4. The minimum atomic E-state index is 0.139. The van der Waals surface area contributed by atoms with E-state index in [0.717, 1.165) is 24.2 Å². The standard InChI is InChI=1S/C20H22N2O2/c23-19(18-9-5-2-6-10-18)16-21-11-13-22(14-12-21)20(24)15-17-7-3-1-4-8-17/h1-10H,11-16H2. The van der Waals surface area contributed by atoms with Crippen LogP contribution in [0.25, 0.3) is 0 Å². The summed E-state index contributed by atoms with van der Waals surface area (Å²) in [5.41, 5.74) is 1.80. The number of carbonyl (C=O) groups is 2. The lowest BCUT2D eigenvalue weighted by Gasteiger charge is -2.34. The lowest BCUT2D eigenvalue weighted by molar-refractivity contribution is -0.132. The first-order valence-electron chi connectivity index (χ1n) is 8.35. The van der Waals surface area contributed by atoms with Gasteiger partial charge in [-0.1, -0.05) is 60.7 Å². The van der Waals surface area contributed by atoms with Crippen molar-refractivity contribution in [1.82, 2.24) is 9.80 Å². The Morgan fingerprint density at radius 3 is 2.00 bits per heavy atom. The Balaban J connectivity index is 1.47. The second-order valence-corrected chi connectivity index (χ2v) is 6.11. The number of rotatable bonds is 5. The number of Topliss-reactive ketones (excluding diaryl/α,β-unsaturated/α-hetero) is 1. The molecule has 0 aliphatic carbocycles. The number of nitrogens with zero attached hydrogens (tertiary/aromatic N) is 2. The maximum atomic E-state index is 12.4. The minimum absolute atomic E-state index is 0.139. The maximum Gasteiger partial charge on any atom is 0.227 e. The molecular formula is C20H22N2O2. The van der Waals surface area contributed by atoms with Crippen LogP contribution in [-0.2, 0) is 11.2 Å². The molecule has 0 saturated carbocycles. The zero-order chi connectivity index (χ0) is 16.8. The van der Waals surface area contributed by atoms with Crippen LogP contribution in [-0.4, -0.2) is 54.2 Å². The molecule has 1 aliphatic heterocycles. The number of hydrogen-bond donors (Lipinski definition) is 0. The van der Waals surface area contributed by atoms with E-state index < -0.39 is 0 Å². The van der Waals surface area contributed by atoms with E-state index in [4.69, 9.17) is 0 Å². The van der Waals surface area contributed by atoms with Gasteiger partial charge in [0.1, 0.15) is 0 Å². The summed E-state index contributed by atoms with van der Waals surface area (Å²) in [6.45, 7) is 3.30. The van der Waals surface area contributed by atoms with Gasteiger partial charge in [-0.05, 0) is 5.56 Å². The van der Waals surface area contributed by atoms with E-state index in [1.165, 1.54) is 0 Å². The highest BCUT2D eigenvalue weighted by molar-refractivity contribution is 5.97. The van der Waals surface area contributed by atoms with E-state index in [9.17, 15) is 9.59 Å². The molecule has 1 aliphatic rings. The quantitative estimate of drug-likeness (QED) is 0.793. The predicted octanol–water partition coefficient (Wildman–Crippen LogP) is 2.26. The molecule has 2 aromatic rings. The Morgan fingerprint density at radius 2 is 1.38 bits per heavy atom. The van der Waals surface area contributed by atoms with Crippen LogP contribution in [0, 0.1) is 0 Å². The van der Waals surface area contributed by atoms with Crippen molar-refractivity contribution in [2.75, 3.05) is 32.7 Å². The number of piperazine rings is 1. The third-order valence-corrected chi connectivity index (χ3v) is 4.39. The van der Waals surface area contributed by atoms with Gasteiger partial charge in [-0.3, -0.25) is 14.5 Å². The molecule has 3 rings (SSSR count). The highest BCUT2D eigenvalue weighted by atomic mass is 16.2.